The summed E-state index contributed by atoms with van der Waals surface area (Å²) in [6, 6.07) is 3.87. The summed E-state index contributed by atoms with van der Waals surface area (Å²) in [6.07, 6.45) is 2.06. The number of nitrogens with one attached hydrogen (secondary N) is 1. The molecule has 0 spiro atoms. The molecule has 0 radical (unpaired) electrons. The number of rotatable bonds is 7. The topological polar surface area (TPSA) is 113 Å². The van der Waals surface area contributed by atoms with Gasteiger partial charge in [0.2, 0.25) is 10.0 Å². The highest BCUT2D eigenvalue weighted by atomic mass is 32.2. The van der Waals surface area contributed by atoms with Crippen LogP contribution in [-0.2, 0) is 10.0 Å². The van der Waals surface area contributed by atoms with E-state index in [1.54, 1.807) is 0 Å². The first-order valence-corrected chi connectivity index (χ1v) is 8.54. The predicted molar refractivity (Wildman–Crippen MR) is 81.3 cm³/mol. The third-order valence-corrected chi connectivity index (χ3v) is 5.41. The van der Waals surface area contributed by atoms with Crippen LogP contribution in [0, 0.1) is 10.1 Å². The Kier molecular flexibility index (Phi) is 5.33. The second kappa shape index (κ2) is 7.03. The van der Waals surface area contributed by atoms with Crippen LogP contribution >= 0.6 is 0 Å². The lowest BCUT2D eigenvalue weighted by Gasteiger charge is -2.16. The van der Waals surface area contributed by atoms with Crippen LogP contribution in [0.4, 0.5) is 11.4 Å². The Hall–Kier alpha value is -1.71. The number of nitro groups is 1. The van der Waals surface area contributed by atoms with Crippen LogP contribution in [0.25, 0.3) is 0 Å². The summed E-state index contributed by atoms with van der Waals surface area (Å²) in [7, 11) is -3.68. The maximum atomic E-state index is 12.4. The van der Waals surface area contributed by atoms with Crippen LogP contribution < -0.4 is 5.32 Å². The van der Waals surface area contributed by atoms with Gasteiger partial charge in [-0.15, -0.1) is 0 Å². The fourth-order valence-electron chi connectivity index (χ4n) is 2.35. The molecule has 1 saturated heterocycles. The lowest BCUT2D eigenvalue weighted by atomic mass is 10.2. The first-order valence-electron chi connectivity index (χ1n) is 7.10. The van der Waals surface area contributed by atoms with Gasteiger partial charge in [0.25, 0.3) is 5.69 Å². The van der Waals surface area contributed by atoms with Gasteiger partial charge in [-0.05, 0) is 31.4 Å². The first kappa shape index (κ1) is 16.7. The van der Waals surface area contributed by atoms with Crippen LogP contribution in [0.1, 0.15) is 19.3 Å². The highest BCUT2D eigenvalue weighted by Crippen LogP contribution is 2.30. The van der Waals surface area contributed by atoms with Crippen LogP contribution in [0.5, 0.6) is 0 Å². The number of aliphatic hydroxyl groups is 1. The standard InChI is InChI=1S/C13H19N3O5S/c17-9-3-6-14-12-5-4-11(10-13(12)16(18)19)22(20,21)15-7-1-2-8-15/h4-5,10,14,17H,1-3,6-9H2. The van der Waals surface area contributed by atoms with Gasteiger partial charge >= 0.3 is 0 Å². The molecule has 0 atom stereocenters. The highest BCUT2D eigenvalue weighted by molar-refractivity contribution is 7.89. The zero-order chi connectivity index (χ0) is 16.2. The molecule has 0 aliphatic carbocycles. The van der Waals surface area contributed by atoms with Crippen LogP contribution in [-0.4, -0.2) is 49.0 Å². The Morgan fingerprint density at radius 2 is 2.00 bits per heavy atom. The van der Waals surface area contributed by atoms with Crippen molar-refractivity contribution >= 4 is 21.4 Å². The average molecular weight is 329 g/mol. The number of hydrogen-bond donors (Lipinski definition) is 2. The number of sulfonamides is 1. The van der Waals surface area contributed by atoms with Gasteiger partial charge in [-0.25, -0.2) is 8.42 Å². The van der Waals surface area contributed by atoms with Gasteiger partial charge in [0.05, 0.1) is 9.82 Å². The summed E-state index contributed by atoms with van der Waals surface area (Å²) in [5.74, 6) is 0. The molecule has 8 nitrogen and oxygen atoms in total. The maximum Gasteiger partial charge on any atom is 0.293 e. The quantitative estimate of drug-likeness (QED) is 0.441. The molecule has 1 aromatic carbocycles. The molecule has 1 heterocycles. The summed E-state index contributed by atoms with van der Waals surface area (Å²) in [6.45, 7) is 1.25. The molecule has 1 aliphatic rings. The predicted octanol–water partition coefficient (Wildman–Crippen LogP) is 1.17. The lowest BCUT2D eigenvalue weighted by Crippen LogP contribution is -2.27. The minimum atomic E-state index is -3.68. The number of benzene rings is 1. The maximum absolute atomic E-state index is 12.4. The normalized spacial score (nSPS) is 15.9. The van der Waals surface area contributed by atoms with Crippen molar-refractivity contribution in [3.63, 3.8) is 0 Å². The van der Waals surface area contributed by atoms with Gasteiger partial charge < -0.3 is 10.4 Å². The van der Waals surface area contributed by atoms with E-state index in [9.17, 15) is 18.5 Å². The van der Waals surface area contributed by atoms with E-state index in [1.807, 2.05) is 0 Å². The van der Waals surface area contributed by atoms with Gasteiger partial charge in [-0.2, -0.15) is 4.31 Å². The van der Waals surface area contributed by atoms with E-state index in [2.05, 4.69) is 5.32 Å². The van der Waals surface area contributed by atoms with E-state index < -0.39 is 14.9 Å². The number of nitrogens with zero attached hydrogens (tertiary/aromatic N) is 2. The van der Waals surface area contributed by atoms with E-state index in [0.717, 1.165) is 18.9 Å². The Morgan fingerprint density at radius 1 is 1.32 bits per heavy atom. The molecule has 2 N–H and O–H groups in total. The van der Waals surface area contributed by atoms with E-state index >= 15 is 0 Å². The number of nitro benzene ring substituents is 1. The van der Waals surface area contributed by atoms with Crippen molar-refractivity contribution in [1.29, 1.82) is 0 Å². The molecule has 0 bridgehead atoms. The third-order valence-electron chi connectivity index (χ3n) is 3.52. The van der Waals surface area contributed by atoms with Crippen molar-refractivity contribution in [2.45, 2.75) is 24.2 Å². The third kappa shape index (κ3) is 3.54. The van der Waals surface area contributed by atoms with Gasteiger partial charge in [-0.3, -0.25) is 10.1 Å². The fourth-order valence-corrected chi connectivity index (χ4v) is 3.89. The molecule has 0 aromatic heterocycles. The van der Waals surface area contributed by atoms with Crippen molar-refractivity contribution in [3.8, 4) is 0 Å². The molecule has 0 unspecified atom stereocenters. The van der Waals surface area contributed by atoms with E-state index in [-0.39, 0.29) is 22.9 Å². The van der Waals surface area contributed by atoms with Gasteiger partial charge in [-0.1, -0.05) is 0 Å². The van der Waals surface area contributed by atoms with E-state index in [1.165, 1.54) is 16.4 Å². The van der Waals surface area contributed by atoms with Crippen molar-refractivity contribution < 1.29 is 18.4 Å². The molecule has 2 rings (SSSR count). The molecule has 0 saturated carbocycles. The van der Waals surface area contributed by atoms with Crippen molar-refractivity contribution in [1.82, 2.24) is 4.31 Å². The minimum absolute atomic E-state index is 0.0256. The van der Waals surface area contributed by atoms with Crippen molar-refractivity contribution in [3.05, 3.63) is 28.3 Å². The van der Waals surface area contributed by atoms with Gasteiger partial charge in [0.15, 0.2) is 0 Å². The number of anilines is 1. The second-order valence-corrected chi connectivity index (χ2v) is 6.99. The fraction of sp³-hybridized carbons (Fsp3) is 0.538. The summed E-state index contributed by atoms with van der Waals surface area (Å²) < 4.78 is 26.2. The number of aliphatic hydroxyl groups excluding tert-OH is 1. The second-order valence-electron chi connectivity index (χ2n) is 5.05. The molecular weight excluding hydrogens is 310 g/mol. The van der Waals surface area contributed by atoms with Gasteiger partial charge in [0.1, 0.15) is 5.69 Å². The van der Waals surface area contributed by atoms with Crippen LogP contribution in [0.3, 0.4) is 0 Å². The molecule has 22 heavy (non-hydrogen) atoms. The van der Waals surface area contributed by atoms with Crippen LogP contribution in [0.2, 0.25) is 0 Å². The minimum Gasteiger partial charge on any atom is -0.396 e. The van der Waals surface area contributed by atoms with Gasteiger partial charge in [0, 0.05) is 32.3 Å². The Labute approximate surface area is 128 Å². The Morgan fingerprint density at radius 3 is 2.59 bits per heavy atom. The van der Waals surface area contributed by atoms with Crippen molar-refractivity contribution in [2.75, 3.05) is 31.6 Å². The molecule has 122 valence electrons. The van der Waals surface area contributed by atoms with Crippen molar-refractivity contribution in [2.24, 2.45) is 0 Å². The zero-order valence-corrected chi connectivity index (χ0v) is 12.9. The van der Waals surface area contributed by atoms with E-state index in [0.29, 0.717) is 26.1 Å². The summed E-state index contributed by atoms with van der Waals surface area (Å²) >= 11 is 0. The van der Waals surface area contributed by atoms with E-state index in [4.69, 9.17) is 5.11 Å². The SMILES string of the molecule is O=[N+]([O-])c1cc(S(=O)(=O)N2CCCC2)ccc1NCCCO. The summed E-state index contributed by atoms with van der Waals surface area (Å²) in [4.78, 5) is 10.5. The summed E-state index contributed by atoms with van der Waals surface area (Å²) in [5, 5.41) is 22.7. The first-order chi connectivity index (χ1) is 10.5. The average Bonchev–Trinajstić information content (AvgIpc) is 3.02. The molecule has 0 amide bonds. The number of hydrogen-bond acceptors (Lipinski definition) is 6. The smallest absolute Gasteiger partial charge is 0.293 e. The Bertz CT molecular complexity index is 641. The monoisotopic (exact) mass is 329 g/mol. The molecule has 9 heteroatoms. The summed E-state index contributed by atoms with van der Waals surface area (Å²) in [5.41, 5.74) is -0.0305. The largest absolute Gasteiger partial charge is 0.396 e. The molecule has 1 aromatic rings. The Balaban J connectivity index is 2.30. The molecular formula is C13H19N3O5S. The highest BCUT2D eigenvalue weighted by Gasteiger charge is 2.29. The lowest BCUT2D eigenvalue weighted by molar-refractivity contribution is -0.384. The molecule has 1 fully saturated rings. The molecule has 1 aliphatic heterocycles. The van der Waals surface area contributed by atoms with Crippen LogP contribution in [0.15, 0.2) is 23.1 Å². The zero-order valence-electron chi connectivity index (χ0n) is 12.1.